The van der Waals surface area contributed by atoms with E-state index in [1.165, 1.54) is 0 Å². The fourth-order valence-corrected chi connectivity index (χ4v) is 9.30. The molecular weight excluding hydrogens is 557 g/mol. The molecule has 0 saturated carbocycles. The predicted octanol–water partition coefficient (Wildman–Crippen LogP) is 7.55. The third kappa shape index (κ3) is 14.8. The summed E-state index contributed by atoms with van der Waals surface area (Å²) in [4.78, 5) is 0. The molecule has 0 aromatic heterocycles. The summed E-state index contributed by atoms with van der Waals surface area (Å²) in [7, 11) is -1.92. The van der Waals surface area contributed by atoms with E-state index in [1.54, 1.807) is 21.3 Å². The molecule has 220 valence electrons. The molecule has 0 aromatic carbocycles. The average molecular weight is 609 g/mol. The summed E-state index contributed by atoms with van der Waals surface area (Å²) in [5, 5.41) is 0. The smallest absolute Gasteiger partial charge is 0.402 e. The maximum Gasteiger partial charge on any atom is 0.500 e. The highest BCUT2D eigenvalue weighted by molar-refractivity contribution is 7.99. The first kappa shape index (κ1) is 37.7. The second-order valence-corrected chi connectivity index (χ2v) is 19.7. The molecule has 9 heteroatoms. The lowest BCUT2D eigenvalue weighted by Gasteiger charge is -2.24. The molecule has 0 aromatic rings. The Balaban J connectivity index is 4.80. The fraction of sp³-hybridized carbons (Fsp3) is 0.467. The molecule has 0 fully saturated rings. The van der Waals surface area contributed by atoms with Crippen molar-refractivity contribution in [3.8, 4) is 0 Å². The zero-order valence-corrected chi connectivity index (χ0v) is 28.4. The van der Waals surface area contributed by atoms with E-state index in [0.29, 0.717) is 19.1 Å². The largest absolute Gasteiger partial charge is 0.500 e. The Morgan fingerprint density at radius 2 is 1.13 bits per heavy atom. The first-order chi connectivity index (χ1) is 18.8. The molecule has 0 aliphatic rings. The lowest BCUT2D eigenvalue weighted by molar-refractivity contribution is 0.123. The van der Waals surface area contributed by atoms with E-state index in [1.807, 2.05) is 46.0 Å². The summed E-state index contributed by atoms with van der Waals surface area (Å²) in [5.74, 6) is 2.78. The minimum absolute atomic E-state index is 0.542. The van der Waals surface area contributed by atoms with Crippen LogP contribution in [0.15, 0.2) is 98.0 Å². The summed E-state index contributed by atoms with van der Waals surface area (Å²) < 4.78 is 28.6. The predicted molar refractivity (Wildman–Crippen MR) is 178 cm³/mol. The quantitative estimate of drug-likeness (QED) is 0.0545. The molecule has 0 aliphatic heterocycles. The lowest BCUT2D eigenvalue weighted by atomic mass is 9.96. The van der Waals surface area contributed by atoms with Crippen molar-refractivity contribution in [1.82, 2.24) is 0 Å². The van der Waals surface area contributed by atoms with Gasteiger partial charge >= 0.3 is 8.80 Å². The molecule has 39 heavy (non-hydrogen) atoms. The Kier molecular flexibility index (Phi) is 21.7. The highest BCUT2D eigenvalue weighted by Gasteiger charge is 2.36. The first-order valence-electron chi connectivity index (χ1n) is 13.5. The van der Waals surface area contributed by atoms with Crippen LogP contribution in [-0.2, 0) is 22.1 Å². The Labute approximate surface area is 246 Å². The summed E-state index contributed by atoms with van der Waals surface area (Å²) >= 11 is 1.98. The van der Waals surface area contributed by atoms with Gasteiger partial charge in [-0.25, -0.2) is 0 Å². The lowest BCUT2D eigenvalue weighted by Crippen LogP contribution is -2.42. The molecule has 0 amide bonds. The van der Waals surface area contributed by atoms with Crippen LogP contribution in [0.3, 0.4) is 0 Å². The molecule has 1 unspecified atom stereocenters. The number of hydrogen-bond donors (Lipinski definition) is 0. The second kappa shape index (κ2) is 22.4. The van der Waals surface area contributed by atoms with Crippen LogP contribution in [0.1, 0.15) is 32.1 Å². The summed E-state index contributed by atoms with van der Waals surface area (Å²) in [5.41, 5.74) is 11.1. The molecule has 0 bridgehead atoms. The van der Waals surface area contributed by atoms with Crippen LogP contribution in [0.2, 0.25) is 6.04 Å². The van der Waals surface area contributed by atoms with Crippen LogP contribution in [-0.4, -0.2) is 71.5 Å². The first-order valence-corrected chi connectivity index (χ1v) is 20.8. The summed E-state index contributed by atoms with van der Waals surface area (Å²) in [6.07, 6.45) is 14.0. The van der Waals surface area contributed by atoms with E-state index in [4.69, 9.17) is 22.1 Å². The highest BCUT2D eigenvalue weighted by Crippen LogP contribution is 2.22. The molecule has 0 radical (unpaired) electrons. The fourth-order valence-electron chi connectivity index (χ4n) is 3.79. The van der Waals surface area contributed by atoms with Gasteiger partial charge in [0.2, 0.25) is 0 Å². The van der Waals surface area contributed by atoms with Crippen molar-refractivity contribution in [2.45, 2.75) is 38.1 Å². The molecule has 0 rings (SSSR count). The normalized spacial score (nSPS) is 13.4. The minimum Gasteiger partial charge on any atom is -0.402 e. The summed E-state index contributed by atoms with van der Waals surface area (Å²) in [6.45, 7) is 24.4. The maximum absolute atomic E-state index is 6.04. The van der Waals surface area contributed by atoms with Gasteiger partial charge < -0.3 is 22.1 Å². The van der Waals surface area contributed by atoms with Gasteiger partial charge in [-0.05, 0) is 49.5 Å². The van der Waals surface area contributed by atoms with Crippen LogP contribution in [0.4, 0.5) is 0 Å². The van der Waals surface area contributed by atoms with Gasteiger partial charge in [-0.2, -0.15) is 11.8 Å². The monoisotopic (exact) mass is 608 g/mol. The Morgan fingerprint density at radius 1 is 0.641 bits per heavy atom. The van der Waals surface area contributed by atoms with Crippen LogP contribution >= 0.6 is 11.8 Å². The molecule has 1 atom stereocenters. The van der Waals surface area contributed by atoms with E-state index in [0.717, 1.165) is 49.7 Å². The van der Waals surface area contributed by atoms with Gasteiger partial charge in [0.05, 0.1) is 13.2 Å². The van der Waals surface area contributed by atoms with Gasteiger partial charge in [-0.3, -0.25) is 0 Å². The molecule has 0 spiro atoms. The SMILES string of the molecule is C=C[Si](C=C)(C=C)OC/C=C/CCC(C/C=C/CO[Si](C=C)(C=C)C=C)CCSCCC[Si](OC)(OC)OC. The van der Waals surface area contributed by atoms with Crippen LogP contribution < -0.4 is 0 Å². The zero-order valence-electron chi connectivity index (χ0n) is 24.6. The number of rotatable bonds is 27. The van der Waals surface area contributed by atoms with E-state index in [9.17, 15) is 0 Å². The Hall–Kier alpha value is -1.28. The number of allylic oxidation sites excluding steroid dienone is 2. The van der Waals surface area contributed by atoms with Gasteiger partial charge in [0, 0.05) is 27.4 Å². The van der Waals surface area contributed by atoms with Crippen LogP contribution in [0, 0.1) is 5.92 Å². The molecule has 0 heterocycles. The van der Waals surface area contributed by atoms with Crippen molar-refractivity contribution in [3.63, 3.8) is 0 Å². The van der Waals surface area contributed by atoms with E-state index in [-0.39, 0.29) is 0 Å². The van der Waals surface area contributed by atoms with E-state index in [2.05, 4.69) is 63.8 Å². The molecule has 0 N–H and O–H groups in total. The minimum atomic E-state index is -2.48. The topological polar surface area (TPSA) is 46.2 Å². The van der Waals surface area contributed by atoms with Crippen molar-refractivity contribution in [3.05, 3.63) is 98.0 Å². The van der Waals surface area contributed by atoms with Gasteiger partial charge in [0.15, 0.2) is 0 Å². The Morgan fingerprint density at radius 3 is 1.59 bits per heavy atom. The van der Waals surface area contributed by atoms with Gasteiger partial charge in [0.25, 0.3) is 16.6 Å². The van der Waals surface area contributed by atoms with Gasteiger partial charge in [-0.15, -0.1) is 39.5 Å². The van der Waals surface area contributed by atoms with Crippen molar-refractivity contribution in [1.29, 1.82) is 0 Å². The summed E-state index contributed by atoms with van der Waals surface area (Å²) in [6, 6.07) is 0.834. The van der Waals surface area contributed by atoms with Gasteiger partial charge in [-0.1, -0.05) is 58.5 Å². The van der Waals surface area contributed by atoms with Crippen LogP contribution in [0.5, 0.6) is 0 Å². The highest BCUT2D eigenvalue weighted by atomic mass is 32.2. The molecule has 0 aliphatic carbocycles. The number of thioether (sulfide) groups is 1. The Bertz CT molecular complexity index is 744. The third-order valence-electron chi connectivity index (χ3n) is 6.69. The standard InChI is InChI=1S/C30H52O5SSi3/c1-10-37(11-2,12-3)34-25-19-16-17-22-30(23-18-20-26-35-38(13-4,14-5)15-6)24-28-36-27-21-29-39(31-7,32-8)33-9/h10-16,18-20,30H,1-6,17,21-29H2,7-9H3/b19-16+,20-18+. The van der Waals surface area contributed by atoms with E-state index >= 15 is 0 Å². The molecular formula is C30H52O5SSi3. The molecule has 5 nitrogen and oxygen atoms in total. The van der Waals surface area contributed by atoms with Crippen molar-refractivity contribution >= 4 is 37.2 Å². The van der Waals surface area contributed by atoms with Crippen molar-refractivity contribution < 1.29 is 22.1 Å². The van der Waals surface area contributed by atoms with Crippen molar-refractivity contribution in [2.24, 2.45) is 5.92 Å². The van der Waals surface area contributed by atoms with E-state index < -0.39 is 25.4 Å². The third-order valence-corrected chi connectivity index (χ3v) is 15.8. The molecule has 0 saturated heterocycles. The van der Waals surface area contributed by atoms with Crippen molar-refractivity contribution in [2.75, 3.05) is 46.0 Å². The zero-order chi connectivity index (χ0) is 29.5. The van der Waals surface area contributed by atoms with Crippen LogP contribution in [0.25, 0.3) is 0 Å². The van der Waals surface area contributed by atoms with Gasteiger partial charge in [0.1, 0.15) is 0 Å². The second-order valence-electron chi connectivity index (χ2n) is 8.98. The average Bonchev–Trinajstić information content (AvgIpc) is 2.99. The number of hydrogen-bond acceptors (Lipinski definition) is 6. The maximum atomic E-state index is 6.04.